The summed E-state index contributed by atoms with van der Waals surface area (Å²) in [6.45, 7) is 0.288. The van der Waals surface area contributed by atoms with E-state index in [1.54, 1.807) is 7.11 Å². The molecular formula is C12H17F2NO2. The van der Waals surface area contributed by atoms with Gasteiger partial charge in [-0.05, 0) is 24.7 Å². The van der Waals surface area contributed by atoms with E-state index in [-0.39, 0.29) is 6.61 Å². The molecule has 0 unspecified atom stereocenters. The molecule has 0 aliphatic carbocycles. The van der Waals surface area contributed by atoms with Crippen molar-refractivity contribution in [3.8, 4) is 5.75 Å². The fourth-order valence-corrected chi connectivity index (χ4v) is 1.52. The third-order valence-corrected chi connectivity index (χ3v) is 2.23. The zero-order chi connectivity index (χ0) is 12.7. The predicted molar refractivity (Wildman–Crippen MR) is 61.4 cm³/mol. The lowest BCUT2D eigenvalue weighted by molar-refractivity contribution is 0.00931. The van der Waals surface area contributed by atoms with Crippen molar-refractivity contribution in [3.63, 3.8) is 0 Å². The zero-order valence-electron chi connectivity index (χ0n) is 10.0. The van der Waals surface area contributed by atoms with Gasteiger partial charge in [-0.15, -0.1) is 0 Å². The molecule has 3 nitrogen and oxygen atoms in total. The minimum Gasteiger partial charge on any atom is -0.496 e. The summed E-state index contributed by atoms with van der Waals surface area (Å²) in [6.07, 6.45) is -2.44. The van der Waals surface area contributed by atoms with Gasteiger partial charge in [0.2, 0.25) is 0 Å². The molecule has 0 atom stereocenters. The topological polar surface area (TPSA) is 30.5 Å². The summed E-state index contributed by atoms with van der Waals surface area (Å²) in [5.74, 6) is 0.652. The number of ether oxygens (including phenoxy) is 2. The highest BCUT2D eigenvalue weighted by Crippen LogP contribution is 2.21. The number of rotatable bonds is 7. The minimum absolute atomic E-state index is 0.130. The third kappa shape index (κ3) is 4.66. The highest BCUT2D eigenvalue weighted by molar-refractivity contribution is 5.36. The number of methoxy groups -OCH3 is 1. The fourth-order valence-electron chi connectivity index (χ4n) is 1.52. The zero-order valence-corrected chi connectivity index (χ0v) is 10.0. The van der Waals surface area contributed by atoms with E-state index in [0.717, 1.165) is 11.1 Å². The second-order valence-corrected chi connectivity index (χ2v) is 3.58. The lowest BCUT2D eigenvalue weighted by Crippen LogP contribution is -2.08. The molecule has 17 heavy (non-hydrogen) atoms. The van der Waals surface area contributed by atoms with Gasteiger partial charge in [0, 0.05) is 12.1 Å². The van der Waals surface area contributed by atoms with Gasteiger partial charge in [-0.25, -0.2) is 8.78 Å². The summed E-state index contributed by atoms with van der Waals surface area (Å²) in [6, 6.07) is 5.63. The molecule has 0 bridgehead atoms. The minimum atomic E-state index is -2.44. The van der Waals surface area contributed by atoms with Gasteiger partial charge >= 0.3 is 0 Å². The van der Waals surface area contributed by atoms with Crippen LogP contribution < -0.4 is 10.1 Å². The molecule has 1 aromatic rings. The SMILES string of the molecule is CNCc1ccc(OC)c(COCC(F)F)c1. The summed E-state index contributed by atoms with van der Waals surface area (Å²) < 4.78 is 34.0. The molecule has 0 radical (unpaired) electrons. The standard InChI is InChI=1S/C12H17F2NO2/c1-15-6-9-3-4-11(16-2)10(5-9)7-17-8-12(13)14/h3-5,12,15H,6-8H2,1-2H3. The Morgan fingerprint density at radius 2 is 2.12 bits per heavy atom. The normalized spacial score (nSPS) is 10.9. The second-order valence-electron chi connectivity index (χ2n) is 3.58. The Labute approximate surface area is 99.7 Å². The number of halogens is 2. The van der Waals surface area contributed by atoms with Crippen molar-refractivity contribution in [1.82, 2.24) is 5.32 Å². The fraction of sp³-hybridized carbons (Fsp3) is 0.500. The van der Waals surface area contributed by atoms with Crippen molar-refractivity contribution in [1.29, 1.82) is 0 Å². The van der Waals surface area contributed by atoms with Crippen molar-refractivity contribution in [2.45, 2.75) is 19.6 Å². The first-order chi connectivity index (χ1) is 8.17. The van der Waals surface area contributed by atoms with E-state index >= 15 is 0 Å². The molecular weight excluding hydrogens is 228 g/mol. The molecule has 0 saturated carbocycles. The molecule has 1 aromatic carbocycles. The molecule has 0 aliphatic rings. The van der Waals surface area contributed by atoms with Crippen molar-refractivity contribution in [3.05, 3.63) is 29.3 Å². The van der Waals surface area contributed by atoms with Gasteiger partial charge in [-0.2, -0.15) is 0 Å². The highest BCUT2D eigenvalue weighted by atomic mass is 19.3. The van der Waals surface area contributed by atoms with Crippen LogP contribution in [0.5, 0.6) is 5.75 Å². The van der Waals surface area contributed by atoms with Crippen molar-refractivity contribution < 1.29 is 18.3 Å². The molecule has 5 heteroatoms. The van der Waals surface area contributed by atoms with E-state index in [0.29, 0.717) is 12.3 Å². The Bertz CT molecular complexity index is 345. The van der Waals surface area contributed by atoms with Crippen LogP contribution >= 0.6 is 0 Å². The maximum absolute atomic E-state index is 12.0. The molecule has 0 aliphatic heterocycles. The van der Waals surface area contributed by atoms with Crippen molar-refractivity contribution in [2.24, 2.45) is 0 Å². The maximum Gasteiger partial charge on any atom is 0.261 e. The second kappa shape index (κ2) is 7.19. The van der Waals surface area contributed by atoms with Gasteiger partial charge in [-0.3, -0.25) is 0 Å². The number of hydrogen-bond donors (Lipinski definition) is 1. The Morgan fingerprint density at radius 1 is 1.35 bits per heavy atom. The molecule has 96 valence electrons. The third-order valence-electron chi connectivity index (χ3n) is 2.23. The van der Waals surface area contributed by atoms with E-state index in [1.165, 1.54) is 0 Å². The first-order valence-electron chi connectivity index (χ1n) is 5.33. The lowest BCUT2D eigenvalue weighted by Gasteiger charge is -2.11. The quantitative estimate of drug-likeness (QED) is 0.798. The Morgan fingerprint density at radius 3 is 2.71 bits per heavy atom. The number of nitrogens with one attached hydrogen (secondary N) is 1. The predicted octanol–water partition coefficient (Wildman–Crippen LogP) is 2.20. The van der Waals surface area contributed by atoms with E-state index in [1.807, 2.05) is 25.2 Å². The van der Waals surface area contributed by atoms with Crippen LogP contribution in [-0.2, 0) is 17.9 Å². The molecule has 1 N–H and O–H groups in total. The first kappa shape index (κ1) is 13.9. The lowest BCUT2D eigenvalue weighted by atomic mass is 10.1. The maximum atomic E-state index is 12.0. The van der Waals surface area contributed by atoms with Gasteiger partial charge in [0.25, 0.3) is 6.43 Å². The van der Waals surface area contributed by atoms with Gasteiger partial charge in [0.05, 0.1) is 13.7 Å². The van der Waals surface area contributed by atoms with Crippen LogP contribution in [0.2, 0.25) is 0 Å². The average Bonchev–Trinajstić information content (AvgIpc) is 2.29. The van der Waals surface area contributed by atoms with Crippen molar-refractivity contribution in [2.75, 3.05) is 20.8 Å². The summed E-state index contributed by atoms with van der Waals surface area (Å²) in [7, 11) is 3.39. The monoisotopic (exact) mass is 245 g/mol. The van der Waals surface area contributed by atoms with E-state index in [4.69, 9.17) is 9.47 Å². The molecule has 0 fully saturated rings. The largest absolute Gasteiger partial charge is 0.496 e. The summed E-state index contributed by atoms with van der Waals surface area (Å²) in [5.41, 5.74) is 1.84. The van der Waals surface area contributed by atoms with Crippen molar-refractivity contribution >= 4 is 0 Å². The average molecular weight is 245 g/mol. The van der Waals surface area contributed by atoms with E-state index < -0.39 is 13.0 Å². The van der Waals surface area contributed by atoms with Crippen LogP contribution in [-0.4, -0.2) is 27.2 Å². The van der Waals surface area contributed by atoms with Gasteiger partial charge in [0.1, 0.15) is 12.4 Å². The molecule has 1 rings (SSSR count). The van der Waals surface area contributed by atoms with Crippen LogP contribution in [0.3, 0.4) is 0 Å². The van der Waals surface area contributed by atoms with Gasteiger partial charge in [-0.1, -0.05) is 6.07 Å². The van der Waals surface area contributed by atoms with Crippen LogP contribution in [0.15, 0.2) is 18.2 Å². The van der Waals surface area contributed by atoms with Crippen LogP contribution in [0.4, 0.5) is 8.78 Å². The Hall–Kier alpha value is -1.20. The molecule has 0 spiro atoms. The summed E-state index contributed by atoms with van der Waals surface area (Å²) in [4.78, 5) is 0. The smallest absolute Gasteiger partial charge is 0.261 e. The van der Waals surface area contributed by atoms with E-state index in [2.05, 4.69) is 5.32 Å². The van der Waals surface area contributed by atoms with Gasteiger partial charge in [0.15, 0.2) is 0 Å². The summed E-state index contributed by atoms with van der Waals surface area (Å²) >= 11 is 0. The molecule has 0 heterocycles. The van der Waals surface area contributed by atoms with Crippen LogP contribution in [0, 0.1) is 0 Å². The van der Waals surface area contributed by atoms with Crippen LogP contribution in [0.25, 0.3) is 0 Å². The molecule has 0 aromatic heterocycles. The number of benzene rings is 1. The molecule has 0 saturated heterocycles. The highest BCUT2D eigenvalue weighted by Gasteiger charge is 2.07. The number of hydrogen-bond acceptors (Lipinski definition) is 3. The Kier molecular flexibility index (Phi) is 5.86. The van der Waals surface area contributed by atoms with E-state index in [9.17, 15) is 8.78 Å². The first-order valence-corrected chi connectivity index (χ1v) is 5.33. The number of alkyl halides is 2. The summed E-state index contributed by atoms with van der Waals surface area (Å²) in [5, 5.41) is 3.02. The van der Waals surface area contributed by atoms with Gasteiger partial charge < -0.3 is 14.8 Å². The Balaban J connectivity index is 2.68. The van der Waals surface area contributed by atoms with Crippen LogP contribution in [0.1, 0.15) is 11.1 Å². The molecule has 0 amide bonds.